The van der Waals surface area contributed by atoms with Gasteiger partial charge < -0.3 is 25.2 Å². The fraction of sp³-hybridized carbons (Fsp3) is 0.381. The van der Waals surface area contributed by atoms with Gasteiger partial charge in [0.15, 0.2) is 17.5 Å². The Labute approximate surface area is 188 Å². The van der Waals surface area contributed by atoms with Crippen LogP contribution in [0.2, 0.25) is 0 Å². The Morgan fingerprint density at radius 2 is 2.00 bits per heavy atom. The predicted molar refractivity (Wildman–Crippen MR) is 124 cm³/mol. The smallest absolute Gasteiger partial charge is 0.191 e. The van der Waals surface area contributed by atoms with Gasteiger partial charge in [-0.2, -0.15) is 0 Å². The molecule has 2 aromatic rings. The van der Waals surface area contributed by atoms with Crippen LogP contribution in [0.4, 0.5) is 4.39 Å². The Bertz CT molecular complexity index is 790. The van der Waals surface area contributed by atoms with Gasteiger partial charge in [0.2, 0.25) is 0 Å². The summed E-state index contributed by atoms with van der Waals surface area (Å²) in [4.78, 5) is 4.52. The number of nitrogens with zero attached hydrogens (tertiary/aromatic N) is 1. The summed E-state index contributed by atoms with van der Waals surface area (Å²) in [6.45, 7) is 5.71. The van der Waals surface area contributed by atoms with Crippen molar-refractivity contribution in [3.63, 3.8) is 0 Å². The van der Waals surface area contributed by atoms with Gasteiger partial charge in [0, 0.05) is 19.2 Å². The van der Waals surface area contributed by atoms with Crippen molar-refractivity contribution in [3.05, 3.63) is 53.8 Å². The minimum atomic E-state index is -0.325. The summed E-state index contributed by atoms with van der Waals surface area (Å²) in [5.41, 5.74) is 1.04. The third-order valence-corrected chi connectivity index (χ3v) is 3.93. The molecule has 29 heavy (non-hydrogen) atoms. The fourth-order valence-corrected chi connectivity index (χ4v) is 2.57. The highest BCUT2D eigenvalue weighted by molar-refractivity contribution is 14.0. The van der Waals surface area contributed by atoms with E-state index in [1.54, 1.807) is 18.2 Å². The lowest BCUT2D eigenvalue weighted by molar-refractivity contribution is 0.229. The van der Waals surface area contributed by atoms with E-state index in [9.17, 15) is 9.50 Å². The molecular weight excluding hydrogens is 488 g/mol. The molecule has 160 valence electrons. The highest BCUT2D eigenvalue weighted by Gasteiger charge is 2.06. The number of aromatic hydroxyl groups is 1. The van der Waals surface area contributed by atoms with E-state index in [1.807, 2.05) is 26.0 Å². The van der Waals surface area contributed by atoms with Crippen LogP contribution in [-0.2, 0) is 6.42 Å². The van der Waals surface area contributed by atoms with Crippen LogP contribution in [0.15, 0.2) is 47.5 Å². The average molecular weight is 517 g/mol. The number of benzene rings is 2. The van der Waals surface area contributed by atoms with Crippen molar-refractivity contribution in [3.8, 4) is 17.2 Å². The molecule has 0 amide bonds. The van der Waals surface area contributed by atoms with Crippen LogP contribution >= 0.6 is 24.0 Å². The first-order valence-electron chi connectivity index (χ1n) is 9.32. The van der Waals surface area contributed by atoms with Crippen molar-refractivity contribution >= 4 is 29.9 Å². The van der Waals surface area contributed by atoms with E-state index < -0.39 is 0 Å². The van der Waals surface area contributed by atoms with Crippen LogP contribution < -0.4 is 20.1 Å². The molecular formula is C21H29FIN3O3. The van der Waals surface area contributed by atoms with Crippen LogP contribution in [0, 0.1) is 5.82 Å². The summed E-state index contributed by atoms with van der Waals surface area (Å²) in [7, 11) is 1.53. The lowest BCUT2D eigenvalue weighted by atomic mass is 10.1. The molecule has 0 heterocycles. The summed E-state index contributed by atoms with van der Waals surface area (Å²) >= 11 is 0. The van der Waals surface area contributed by atoms with Gasteiger partial charge in [-0.05, 0) is 50.1 Å². The van der Waals surface area contributed by atoms with E-state index >= 15 is 0 Å². The number of nitrogens with one attached hydrogen (secondary N) is 2. The Hall–Kier alpha value is -2.23. The SMILES string of the molecule is CCNC(=NCC(C)Oc1cccc(F)c1)NCCc1ccc(O)c(OC)c1.I. The predicted octanol–water partition coefficient (Wildman–Crippen LogP) is 3.72. The number of halogens is 2. The monoisotopic (exact) mass is 517 g/mol. The number of rotatable bonds is 9. The van der Waals surface area contributed by atoms with Gasteiger partial charge >= 0.3 is 0 Å². The molecule has 0 spiro atoms. The number of hydrogen-bond acceptors (Lipinski definition) is 4. The zero-order chi connectivity index (χ0) is 20.4. The number of phenols is 1. The molecule has 2 aromatic carbocycles. The highest BCUT2D eigenvalue weighted by atomic mass is 127. The number of phenolic OH excluding ortho intramolecular Hbond substituents is 1. The van der Waals surface area contributed by atoms with Crippen molar-refractivity contribution in [2.24, 2.45) is 4.99 Å². The van der Waals surface area contributed by atoms with Crippen LogP contribution in [0.3, 0.4) is 0 Å². The number of hydrogen-bond donors (Lipinski definition) is 3. The molecule has 0 radical (unpaired) electrons. The maximum Gasteiger partial charge on any atom is 0.191 e. The van der Waals surface area contributed by atoms with Crippen LogP contribution in [0.5, 0.6) is 17.2 Å². The molecule has 1 unspecified atom stereocenters. The zero-order valence-electron chi connectivity index (χ0n) is 16.9. The first kappa shape index (κ1) is 24.8. The molecule has 2 rings (SSSR count). The third kappa shape index (κ3) is 8.76. The molecule has 0 aromatic heterocycles. The van der Waals surface area contributed by atoms with Gasteiger partial charge in [-0.3, -0.25) is 0 Å². The van der Waals surface area contributed by atoms with E-state index in [4.69, 9.17) is 9.47 Å². The summed E-state index contributed by atoms with van der Waals surface area (Å²) in [6, 6.07) is 11.4. The average Bonchev–Trinajstić information content (AvgIpc) is 2.67. The van der Waals surface area contributed by atoms with E-state index in [1.165, 1.54) is 19.2 Å². The van der Waals surface area contributed by atoms with E-state index in [-0.39, 0.29) is 41.6 Å². The normalized spacial score (nSPS) is 11.9. The third-order valence-electron chi connectivity index (χ3n) is 3.93. The van der Waals surface area contributed by atoms with Crippen LogP contribution in [-0.4, -0.2) is 43.9 Å². The van der Waals surface area contributed by atoms with Crippen molar-refractivity contribution in [2.45, 2.75) is 26.4 Å². The Morgan fingerprint density at radius 3 is 2.69 bits per heavy atom. The highest BCUT2D eigenvalue weighted by Crippen LogP contribution is 2.26. The number of ether oxygens (including phenoxy) is 2. The van der Waals surface area contributed by atoms with E-state index in [0.29, 0.717) is 30.5 Å². The minimum Gasteiger partial charge on any atom is -0.504 e. The Kier molecular flexibility index (Phi) is 11.2. The van der Waals surface area contributed by atoms with Crippen LogP contribution in [0.1, 0.15) is 19.4 Å². The summed E-state index contributed by atoms with van der Waals surface area (Å²) in [6.07, 6.45) is 0.551. The van der Waals surface area contributed by atoms with Gasteiger partial charge in [-0.15, -0.1) is 24.0 Å². The van der Waals surface area contributed by atoms with E-state index in [2.05, 4.69) is 15.6 Å². The number of aliphatic imine (C=N–C) groups is 1. The summed E-state index contributed by atoms with van der Waals surface area (Å²) < 4.78 is 24.1. The standard InChI is InChI=1S/C21H28FN3O3.HI/c1-4-23-21(24-11-10-16-8-9-19(26)20(12-16)27-3)25-14-15(2)28-18-7-5-6-17(22)13-18;/h5-9,12-13,15,26H,4,10-11,14H2,1-3H3,(H2,23,24,25);1H. The quantitative estimate of drug-likeness (QED) is 0.269. The number of guanidine groups is 1. The van der Waals surface area contributed by atoms with Gasteiger partial charge in [-0.1, -0.05) is 12.1 Å². The molecule has 0 aliphatic rings. The van der Waals surface area contributed by atoms with Gasteiger partial charge in [-0.25, -0.2) is 9.38 Å². The molecule has 0 saturated heterocycles. The molecule has 6 nitrogen and oxygen atoms in total. The fourth-order valence-electron chi connectivity index (χ4n) is 2.57. The van der Waals surface area contributed by atoms with Crippen molar-refractivity contribution in [1.82, 2.24) is 10.6 Å². The number of methoxy groups -OCH3 is 1. The molecule has 0 bridgehead atoms. The minimum absolute atomic E-state index is 0. The first-order chi connectivity index (χ1) is 13.5. The summed E-state index contributed by atoms with van der Waals surface area (Å²) in [5.74, 6) is 1.43. The Balaban J connectivity index is 0.00000420. The Morgan fingerprint density at radius 1 is 1.21 bits per heavy atom. The van der Waals surface area contributed by atoms with Crippen molar-refractivity contribution < 1.29 is 19.0 Å². The lowest BCUT2D eigenvalue weighted by Crippen LogP contribution is -2.39. The second-order valence-corrected chi connectivity index (χ2v) is 6.29. The molecule has 3 N–H and O–H groups in total. The first-order valence-corrected chi connectivity index (χ1v) is 9.32. The topological polar surface area (TPSA) is 75.1 Å². The van der Waals surface area contributed by atoms with Crippen LogP contribution in [0.25, 0.3) is 0 Å². The zero-order valence-corrected chi connectivity index (χ0v) is 19.3. The molecule has 0 fully saturated rings. The van der Waals surface area contributed by atoms with Gasteiger partial charge in [0.05, 0.1) is 13.7 Å². The molecule has 0 saturated carbocycles. The van der Waals surface area contributed by atoms with Gasteiger partial charge in [0.1, 0.15) is 17.7 Å². The second kappa shape index (κ2) is 13.1. The van der Waals surface area contributed by atoms with E-state index in [0.717, 1.165) is 18.5 Å². The van der Waals surface area contributed by atoms with Crippen molar-refractivity contribution in [2.75, 3.05) is 26.7 Å². The second-order valence-electron chi connectivity index (χ2n) is 6.29. The van der Waals surface area contributed by atoms with Gasteiger partial charge in [0.25, 0.3) is 0 Å². The molecule has 0 aliphatic heterocycles. The maximum absolute atomic E-state index is 13.2. The molecule has 0 aliphatic carbocycles. The van der Waals surface area contributed by atoms with Crippen molar-refractivity contribution in [1.29, 1.82) is 0 Å². The molecule has 1 atom stereocenters. The largest absolute Gasteiger partial charge is 0.504 e. The maximum atomic E-state index is 13.2. The summed E-state index contributed by atoms with van der Waals surface area (Å²) in [5, 5.41) is 16.1. The lowest BCUT2D eigenvalue weighted by Gasteiger charge is -2.15. The molecule has 8 heteroatoms.